The summed E-state index contributed by atoms with van der Waals surface area (Å²) in [6.45, 7) is 0.404. The molecule has 0 fully saturated rings. The first-order valence-corrected chi connectivity index (χ1v) is 5.26. The third-order valence-electron chi connectivity index (χ3n) is 2.43. The molecule has 0 aliphatic rings. The zero-order valence-electron chi connectivity index (χ0n) is 9.76. The molecule has 0 aliphatic heterocycles. The van der Waals surface area contributed by atoms with Crippen molar-refractivity contribution < 1.29 is 13.9 Å². The fourth-order valence-electron chi connectivity index (χ4n) is 1.55. The van der Waals surface area contributed by atoms with Crippen LogP contribution in [-0.4, -0.2) is 22.9 Å². The molecule has 0 unspecified atom stereocenters. The summed E-state index contributed by atoms with van der Waals surface area (Å²) >= 11 is 0. The van der Waals surface area contributed by atoms with E-state index in [4.69, 9.17) is 5.73 Å². The van der Waals surface area contributed by atoms with E-state index in [0.717, 1.165) is 5.56 Å². The lowest BCUT2D eigenvalue weighted by Gasteiger charge is -2.01. The van der Waals surface area contributed by atoms with Crippen molar-refractivity contribution in [2.45, 2.75) is 6.54 Å². The molecule has 0 aliphatic carbocycles. The largest absolute Gasteiger partial charge is 0.464 e. The predicted octanol–water partition coefficient (Wildman–Crippen LogP) is 1.44. The van der Waals surface area contributed by atoms with Crippen molar-refractivity contribution in [1.82, 2.24) is 9.78 Å². The van der Waals surface area contributed by atoms with Crippen molar-refractivity contribution in [3.05, 3.63) is 47.5 Å². The first-order valence-electron chi connectivity index (χ1n) is 5.26. The summed E-state index contributed by atoms with van der Waals surface area (Å²) < 4.78 is 18.8. The van der Waals surface area contributed by atoms with Crippen LogP contribution >= 0.6 is 0 Å². The average molecular weight is 249 g/mol. The van der Waals surface area contributed by atoms with E-state index >= 15 is 0 Å². The van der Waals surface area contributed by atoms with Crippen molar-refractivity contribution in [2.75, 3.05) is 12.8 Å². The Labute approximate surface area is 103 Å². The van der Waals surface area contributed by atoms with Gasteiger partial charge in [0.05, 0.1) is 19.3 Å². The quantitative estimate of drug-likeness (QED) is 0.835. The van der Waals surface area contributed by atoms with Gasteiger partial charge in [-0.25, -0.2) is 9.18 Å². The number of carbonyl (C=O) groups is 1. The number of rotatable bonds is 3. The normalized spacial score (nSPS) is 10.3. The van der Waals surface area contributed by atoms with Crippen LogP contribution in [0.25, 0.3) is 0 Å². The number of esters is 1. The second-order valence-electron chi connectivity index (χ2n) is 3.75. The molecule has 1 aromatic carbocycles. The molecule has 2 aromatic rings. The summed E-state index contributed by atoms with van der Waals surface area (Å²) in [5.74, 6) is -0.876. The van der Waals surface area contributed by atoms with Gasteiger partial charge in [-0.15, -0.1) is 0 Å². The fraction of sp³-hybridized carbons (Fsp3) is 0.167. The number of hydrogen-bond acceptors (Lipinski definition) is 4. The van der Waals surface area contributed by atoms with Crippen LogP contribution in [-0.2, 0) is 11.3 Å². The van der Waals surface area contributed by atoms with E-state index in [-0.39, 0.29) is 17.2 Å². The van der Waals surface area contributed by atoms with Gasteiger partial charge in [0, 0.05) is 6.20 Å². The van der Waals surface area contributed by atoms with Gasteiger partial charge in [-0.1, -0.05) is 12.1 Å². The molecule has 0 atom stereocenters. The molecule has 1 heterocycles. The van der Waals surface area contributed by atoms with E-state index in [9.17, 15) is 9.18 Å². The number of hydrogen-bond donors (Lipinski definition) is 1. The van der Waals surface area contributed by atoms with Crippen LogP contribution in [0.2, 0.25) is 0 Å². The number of nitrogens with two attached hydrogens (primary N) is 1. The minimum Gasteiger partial charge on any atom is -0.464 e. The molecule has 18 heavy (non-hydrogen) atoms. The lowest BCUT2D eigenvalue weighted by Crippen LogP contribution is -2.07. The highest BCUT2D eigenvalue weighted by Crippen LogP contribution is 2.12. The molecule has 5 nitrogen and oxygen atoms in total. The Morgan fingerprint density at radius 3 is 2.72 bits per heavy atom. The van der Waals surface area contributed by atoms with E-state index in [1.54, 1.807) is 12.1 Å². The summed E-state index contributed by atoms with van der Waals surface area (Å²) in [5, 5.41) is 4.02. The number of ether oxygens (including phenoxy) is 1. The van der Waals surface area contributed by atoms with Gasteiger partial charge in [0.2, 0.25) is 0 Å². The van der Waals surface area contributed by atoms with E-state index < -0.39 is 5.97 Å². The molecule has 0 amide bonds. The standard InChI is InChI=1S/C12H12FN3O2/c1-18-12(17)11-10(14)7-16(15-11)6-8-2-4-9(13)5-3-8/h2-5,7H,6,14H2,1H3. The van der Waals surface area contributed by atoms with Gasteiger partial charge in [0.25, 0.3) is 0 Å². The van der Waals surface area contributed by atoms with Crippen LogP contribution in [0.15, 0.2) is 30.5 Å². The second kappa shape index (κ2) is 4.87. The molecule has 6 heteroatoms. The summed E-state index contributed by atoms with van der Waals surface area (Å²) in [6.07, 6.45) is 1.54. The van der Waals surface area contributed by atoms with Gasteiger partial charge < -0.3 is 10.5 Å². The molecule has 0 saturated heterocycles. The first-order chi connectivity index (χ1) is 8.60. The minimum absolute atomic E-state index is 0.0830. The third kappa shape index (κ3) is 2.48. The minimum atomic E-state index is -0.578. The Bertz CT molecular complexity index is 563. The maximum absolute atomic E-state index is 12.7. The van der Waals surface area contributed by atoms with Crippen molar-refractivity contribution in [2.24, 2.45) is 0 Å². The van der Waals surface area contributed by atoms with Crippen LogP contribution in [0.1, 0.15) is 16.1 Å². The molecule has 2 N–H and O–H groups in total. The molecule has 0 saturated carbocycles. The number of nitrogens with zero attached hydrogens (tertiary/aromatic N) is 2. The average Bonchev–Trinajstić information content (AvgIpc) is 2.72. The summed E-state index contributed by atoms with van der Waals surface area (Å²) in [4.78, 5) is 11.3. The van der Waals surface area contributed by atoms with Crippen LogP contribution in [0, 0.1) is 5.82 Å². The van der Waals surface area contributed by atoms with E-state index in [1.807, 2.05) is 0 Å². The number of anilines is 1. The van der Waals surface area contributed by atoms with Crippen molar-refractivity contribution in [1.29, 1.82) is 0 Å². The summed E-state index contributed by atoms with van der Waals surface area (Å²) in [7, 11) is 1.26. The first kappa shape index (κ1) is 12.1. The summed E-state index contributed by atoms with van der Waals surface area (Å²) in [6, 6.07) is 6.02. The van der Waals surface area contributed by atoms with Gasteiger partial charge in [-0.05, 0) is 17.7 Å². The summed E-state index contributed by atoms with van der Waals surface area (Å²) in [5.41, 5.74) is 6.84. The zero-order valence-corrected chi connectivity index (χ0v) is 9.76. The number of halogens is 1. The maximum atomic E-state index is 12.7. The molecular formula is C12H12FN3O2. The van der Waals surface area contributed by atoms with Crippen LogP contribution < -0.4 is 5.73 Å². The van der Waals surface area contributed by atoms with Crippen LogP contribution in [0.4, 0.5) is 10.1 Å². The van der Waals surface area contributed by atoms with Crippen LogP contribution in [0.3, 0.4) is 0 Å². The van der Waals surface area contributed by atoms with Gasteiger partial charge >= 0.3 is 5.97 Å². The molecule has 0 radical (unpaired) electrons. The molecule has 0 bridgehead atoms. The van der Waals surface area contributed by atoms with Gasteiger partial charge in [-0.3, -0.25) is 4.68 Å². The Morgan fingerprint density at radius 2 is 2.11 bits per heavy atom. The second-order valence-corrected chi connectivity index (χ2v) is 3.75. The van der Waals surface area contributed by atoms with Crippen molar-refractivity contribution in [3.63, 3.8) is 0 Å². The number of benzene rings is 1. The van der Waals surface area contributed by atoms with Crippen LogP contribution in [0.5, 0.6) is 0 Å². The maximum Gasteiger partial charge on any atom is 0.360 e. The molecule has 0 spiro atoms. The highest BCUT2D eigenvalue weighted by molar-refractivity contribution is 5.92. The number of aromatic nitrogens is 2. The highest BCUT2D eigenvalue weighted by atomic mass is 19.1. The Hall–Kier alpha value is -2.37. The number of nitrogen functional groups attached to an aromatic ring is 1. The Balaban J connectivity index is 2.20. The number of carbonyl (C=O) groups excluding carboxylic acids is 1. The smallest absolute Gasteiger partial charge is 0.360 e. The molecule has 94 valence electrons. The van der Waals surface area contributed by atoms with E-state index in [1.165, 1.54) is 30.1 Å². The molecule has 2 rings (SSSR count). The lowest BCUT2D eigenvalue weighted by atomic mass is 10.2. The fourth-order valence-corrected chi connectivity index (χ4v) is 1.55. The monoisotopic (exact) mass is 249 g/mol. The molecular weight excluding hydrogens is 237 g/mol. The highest BCUT2D eigenvalue weighted by Gasteiger charge is 2.15. The number of methoxy groups -OCH3 is 1. The Morgan fingerprint density at radius 1 is 1.44 bits per heavy atom. The van der Waals surface area contributed by atoms with Gasteiger partial charge in [-0.2, -0.15) is 5.10 Å². The van der Waals surface area contributed by atoms with E-state index in [0.29, 0.717) is 6.54 Å². The van der Waals surface area contributed by atoms with E-state index in [2.05, 4.69) is 9.84 Å². The lowest BCUT2D eigenvalue weighted by molar-refractivity contribution is 0.0594. The third-order valence-corrected chi connectivity index (χ3v) is 2.43. The van der Waals surface area contributed by atoms with Crippen molar-refractivity contribution in [3.8, 4) is 0 Å². The van der Waals surface area contributed by atoms with Gasteiger partial charge in [0.15, 0.2) is 5.69 Å². The predicted molar refractivity (Wildman–Crippen MR) is 63.5 cm³/mol. The topological polar surface area (TPSA) is 70.1 Å². The zero-order chi connectivity index (χ0) is 13.1. The van der Waals surface area contributed by atoms with Gasteiger partial charge in [0.1, 0.15) is 5.82 Å². The van der Waals surface area contributed by atoms with Crippen molar-refractivity contribution >= 4 is 11.7 Å². The Kier molecular flexibility index (Phi) is 3.27. The molecule has 1 aromatic heterocycles. The SMILES string of the molecule is COC(=O)c1nn(Cc2ccc(F)cc2)cc1N.